The van der Waals surface area contributed by atoms with Gasteiger partial charge in [0, 0.05) is 24.8 Å². The van der Waals surface area contributed by atoms with Crippen LogP contribution >= 0.6 is 15.9 Å². The van der Waals surface area contributed by atoms with E-state index in [0.717, 1.165) is 6.42 Å². The van der Waals surface area contributed by atoms with Crippen LogP contribution in [0.15, 0.2) is 16.6 Å². The number of rotatable bonds is 6. The molecule has 1 aromatic rings. The molecule has 17 heavy (non-hydrogen) atoms. The van der Waals surface area contributed by atoms with Gasteiger partial charge in [-0.1, -0.05) is 6.92 Å². The minimum absolute atomic E-state index is 0.0838. The zero-order chi connectivity index (χ0) is 12.8. The Morgan fingerprint density at radius 2 is 2.06 bits per heavy atom. The van der Waals surface area contributed by atoms with Crippen molar-refractivity contribution >= 4 is 15.9 Å². The number of ether oxygens (including phenoxy) is 1. The summed E-state index contributed by atoms with van der Waals surface area (Å²) in [5, 5.41) is 0. The highest BCUT2D eigenvalue weighted by molar-refractivity contribution is 9.10. The van der Waals surface area contributed by atoms with Gasteiger partial charge in [0.05, 0.1) is 4.47 Å². The molecular weight excluding hydrogens is 292 g/mol. The standard InChI is InChI=1S/C12H16BrF2NO/c1-2-6-17-7-5-10(16)11-9(14)4-3-8(13)12(11)15/h3-4,10H,2,5-7,16H2,1H3. The van der Waals surface area contributed by atoms with E-state index in [1.54, 1.807) is 0 Å². The lowest BCUT2D eigenvalue weighted by Crippen LogP contribution is -2.17. The zero-order valence-electron chi connectivity index (χ0n) is 9.68. The Hall–Kier alpha value is -0.520. The number of hydrogen-bond donors (Lipinski definition) is 1. The van der Waals surface area contributed by atoms with E-state index >= 15 is 0 Å². The van der Waals surface area contributed by atoms with Gasteiger partial charge < -0.3 is 10.5 Å². The van der Waals surface area contributed by atoms with Gasteiger partial charge in [0.25, 0.3) is 0 Å². The highest BCUT2D eigenvalue weighted by atomic mass is 79.9. The third kappa shape index (κ3) is 4.01. The van der Waals surface area contributed by atoms with Crippen molar-refractivity contribution in [3.8, 4) is 0 Å². The Labute approximate surface area is 108 Å². The van der Waals surface area contributed by atoms with Crippen LogP contribution in [0.25, 0.3) is 0 Å². The second kappa shape index (κ2) is 7.03. The average Bonchev–Trinajstić information content (AvgIpc) is 2.30. The first kappa shape index (κ1) is 14.5. The molecule has 1 atom stereocenters. The lowest BCUT2D eigenvalue weighted by molar-refractivity contribution is 0.127. The molecule has 0 heterocycles. The molecule has 2 nitrogen and oxygen atoms in total. The fraction of sp³-hybridized carbons (Fsp3) is 0.500. The summed E-state index contributed by atoms with van der Waals surface area (Å²) in [7, 11) is 0. The average molecular weight is 308 g/mol. The molecule has 2 N–H and O–H groups in total. The van der Waals surface area contributed by atoms with Crippen LogP contribution in [-0.2, 0) is 4.74 Å². The van der Waals surface area contributed by atoms with Crippen LogP contribution in [0.3, 0.4) is 0 Å². The molecule has 1 aromatic carbocycles. The second-order valence-electron chi connectivity index (χ2n) is 3.76. The van der Waals surface area contributed by atoms with Crippen molar-refractivity contribution in [3.63, 3.8) is 0 Å². The third-order valence-corrected chi connectivity index (χ3v) is 2.98. The molecule has 0 fully saturated rings. The number of benzene rings is 1. The third-order valence-electron chi connectivity index (χ3n) is 2.37. The summed E-state index contributed by atoms with van der Waals surface area (Å²) >= 11 is 3.01. The van der Waals surface area contributed by atoms with Crippen molar-refractivity contribution in [2.75, 3.05) is 13.2 Å². The highest BCUT2D eigenvalue weighted by Crippen LogP contribution is 2.27. The molecule has 1 rings (SSSR count). The van der Waals surface area contributed by atoms with Crippen molar-refractivity contribution in [1.82, 2.24) is 0 Å². The van der Waals surface area contributed by atoms with Gasteiger partial charge in [-0.3, -0.25) is 0 Å². The molecule has 0 aliphatic rings. The molecule has 1 unspecified atom stereocenters. The van der Waals surface area contributed by atoms with E-state index in [1.807, 2.05) is 6.92 Å². The summed E-state index contributed by atoms with van der Waals surface area (Å²) < 4.78 is 32.6. The van der Waals surface area contributed by atoms with Gasteiger partial charge in [-0.25, -0.2) is 8.78 Å². The molecule has 0 aliphatic carbocycles. The van der Waals surface area contributed by atoms with Crippen molar-refractivity contribution in [2.45, 2.75) is 25.8 Å². The van der Waals surface area contributed by atoms with E-state index in [1.165, 1.54) is 12.1 Å². The van der Waals surface area contributed by atoms with E-state index in [9.17, 15) is 8.78 Å². The van der Waals surface area contributed by atoms with Gasteiger partial charge >= 0.3 is 0 Å². The number of halogens is 3. The van der Waals surface area contributed by atoms with Crippen LogP contribution in [0.1, 0.15) is 31.4 Å². The minimum Gasteiger partial charge on any atom is -0.381 e. The quantitative estimate of drug-likeness (QED) is 0.644. The van der Waals surface area contributed by atoms with E-state index in [2.05, 4.69) is 15.9 Å². The molecule has 5 heteroatoms. The molecule has 96 valence electrons. The summed E-state index contributed by atoms with van der Waals surface area (Å²) in [6.45, 7) is 3.03. The van der Waals surface area contributed by atoms with Crippen molar-refractivity contribution in [1.29, 1.82) is 0 Å². The summed E-state index contributed by atoms with van der Waals surface area (Å²) in [5.41, 5.74) is 5.68. The maximum Gasteiger partial charge on any atom is 0.145 e. The first-order valence-corrected chi connectivity index (χ1v) is 6.34. The Morgan fingerprint density at radius 1 is 1.35 bits per heavy atom. The monoisotopic (exact) mass is 307 g/mol. The molecular formula is C12H16BrF2NO. The Morgan fingerprint density at radius 3 is 2.71 bits per heavy atom. The minimum atomic E-state index is -0.690. The molecule has 0 bridgehead atoms. The predicted octanol–water partition coefficient (Wildman–Crippen LogP) is 3.54. The van der Waals surface area contributed by atoms with Crippen LogP contribution in [0.2, 0.25) is 0 Å². The molecule has 0 radical (unpaired) electrons. The fourth-order valence-electron chi connectivity index (χ4n) is 1.48. The van der Waals surface area contributed by atoms with Crippen molar-refractivity contribution in [2.24, 2.45) is 5.73 Å². The van der Waals surface area contributed by atoms with Crippen LogP contribution < -0.4 is 5.73 Å². The van der Waals surface area contributed by atoms with E-state index < -0.39 is 17.7 Å². The molecule has 0 amide bonds. The Balaban J connectivity index is 2.68. The summed E-state index contributed by atoms with van der Waals surface area (Å²) in [4.78, 5) is 0. The molecule has 0 aliphatic heterocycles. The van der Waals surface area contributed by atoms with Crippen molar-refractivity contribution < 1.29 is 13.5 Å². The van der Waals surface area contributed by atoms with Gasteiger partial charge in [-0.05, 0) is 40.9 Å². The van der Waals surface area contributed by atoms with E-state index in [4.69, 9.17) is 10.5 Å². The second-order valence-corrected chi connectivity index (χ2v) is 4.62. The topological polar surface area (TPSA) is 35.2 Å². The van der Waals surface area contributed by atoms with Crippen LogP contribution in [-0.4, -0.2) is 13.2 Å². The summed E-state index contributed by atoms with van der Waals surface area (Å²) in [5.74, 6) is -1.25. The molecule has 0 saturated heterocycles. The SMILES string of the molecule is CCCOCCC(N)c1c(F)ccc(Br)c1F. The largest absolute Gasteiger partial charge is 0.381 e. The smallest absolute Gasteiger partial charge is 0.145 e. The van der Waals surface area contributed by atoms with Crippen molar-refractivity contribution in [3.05, 3.63) is 33.8 Å². The van der Waals surface area contributed by atoms with Gasteiger partial charge in [0.1, 0.15) is 11.6 Å². The first-order valence-electron chi connectivity index (χ1n) is 5.54. The summed E-state index contributed by atoms with van der Waals surface area (Å²) in [6.07, 6.45) is 1.30. The van der Waals surface area contributed by atoms with E-state index in [-0.39, 0.29) is 10.0 Å². The lowest BCUT2D eigenvalue weighted by atomic mass is 10.0. The summed E-state index contributed by atoms with van der Waals surface area (Å²) in [6, 6.07) is 1.84. The van der Waals surface area contributed by atoms with Gasteiger partial charge in [0.2, 0.25) is 0 Å². The Bertz CT molecular complexity index is 374. The molecule has 0 aromatic heterocycles. The predicted molar refractivity (Wildman–Crippen MR) is 66.7 cm³/mol. The lowest BCUT2D eigenvalue weighted by Gasteiger charge is -2.14. The first-order chi connectivity index (χ1) is 8.07. The number of hydrogen-bond acceptors (Lipinski definition) is 2. The van der Waals surface area contributed by atoms with Crippen LogP contribution in [0, 0.1) is 11.6 Å². The molecule has 0 spiro atoms. The zero-order valence-corrected chi connectivity index (χ0v) is 11.3. The van der Waals surface area contributed by atoms with Crippen LogP contribution in [0.5, 0.6) is 0 Å². The maximum atomic E-state index is 13.7. The van der Waals surface area contributed by atoms with Gasteiger partial charge in [0.15, 0.2) is 0 Å². The Kier molecular flexibility index (Phi) is 6.02. The fourth-order valence-corrected chi connectivity index (χ4v) is 1.83. The number of nitrogens with two attached hydrogens (primary N) is 1. The van der Waals surface area contributed by atoms with Gasteiger partial charge in [-0.2, -0.15) is 0 Å². The normalized spacial score (nSPS) is 12.8. The van der Waals surface area contributed by atoms with E-state index in [0.29, 0.717) is 19.6 Å². The van der Waals surface area contributed by atoms with Crippen LogP contribution in [0.4, 0.5) is 8.78 Å². The maximum absolute atomic E-state index is 13.7. The molecule has 0 saturated carbocycles. The van der Waals surface area contributed by atoms with Gasteiger partial charge in [-0.15, -0.1) is 0 Å². The highest BCUT2D eigenvalue weighted by Gasteiger charge is 2.18.